The van der Waals surface area contributed by atoms with E-state index in [2.05, 4.69) is 21.3 Å². The number of benzene rings is 4. The van der Waals surface area contributed by atoms with E-state index < -0.39 is 95.3 Å². The molecule has 6 rings (SSSR count). The summed E-state index contributed by atoms with van der Waals surface area (Å²) in [7, 11) is 0. The fraction of sp³-hybridized carbons (Fsp3) is 0.308. The molecule has 4 aromatic carbocycles. The SMILES string of the molecule is CC(C)[C@H](NC(=O)c1ccc(-c2cc(C(F)(F)F)ccc2Cl)o1)C(=O)N[C@@H](Cc1ccccc1)[C@@H](O)[C@H](O)[C@H](Cc1ccccc1)NC(=O)[C@@H](NC(=O)c1ccc(-c2cc(C(F)(F)F)ccc2Cl)o1)C(C)C. The number of halogens is 8. The highest BCUT2D eigenvalue weighted by molar-refractivity contribution is 6.33. The summed E-state index contributed by atoms with van der Waals surface area (Å²) in [5.41, 5.74) is -0.993. The minimum absolute atomic E-state index is 0.0591. The number of amides is 4. The number of carbonyl (C=O) groups excluding carboxylic acids is 4. The third kappa shape index (κ3) is 13.9. The summed E-state index contributed by atoms with van der Waals surface area (Å²) in [6.07, 6.45) is -13.1. The third-order valence-electron chi connectivity index (χ3n) is 11.7. The van der Waals surface area contributed by atoms with Crippen LogP contribution in [0, 0.1) is 11.8 Å². The zero-order valence-electron chi connectivity index (χ0n) is 38.9. The van der Waals surface area contributed by atoms with Gasteiger partial charge in [-0.25, -0.2) is 0 Å². The summed E-state index contributed by atoms with van der Waals surface area (Å²) < 4.78 is 92.2. The summed E-state index contributed by atoms with van der Waals surface area (Å²) in [5.74, 6) is -5.56. The van der Waals surface area contributed by atoms with Gasteiger partial charge < -0.3 is 40.3 Å². The van der Waals surface area contributed by atoms with E-state index in [1.807, 2.05) is 0 Å². The highest BCUT2D eigenvalue weighted by Gasteiger charge is 2.39. The van der Waals surface area contributed by atoms with E-state index >= 15 is 0 Å². The first-order valence-electron chi connectivity index (χ1n) is 22.5. The van der Waals surface area contributed by atoms with E-state index in [1.54, 1.807) is 88.4 Å². The second-order valence-electron chi connectivity index (χ2n) is 17.7. The Bertz CT molecular complexity index is 2650. The summed E-state index contributed by atoms with van der Waals surface area (Å²) in [6.45, 7) is 6.52. The molecular weight excluding hydrogens is 993 g/mol. The van der Waals surface area contributed by atoms with Crippen molar-refractivity contribution in [2.45, 2.75) is 89.3 Å². The van der Waals surface area contributed by atoms with Gasteiger partial charge in [-0.15, -0.1) is 0 Å². The van der Waals surface area contributed by atoms with E-state index in [1.165, 1.54) is 24.3 Å². The van der Waals surface area contributed by atoms with Crippen LogP contribution in [0.1, 0.15) is 71.1 Å². The summed E-state index contributed by atoms with van der Waals surface area (Å²) >= 11 is 12.4. The fourth-order valence-electron chi connectivity index (χ4n) is 7.76. The molecule has 2 aromatic heterocycles. The second kappa shape index (κ2) is 23.3. The van der Waals surface area contributed by atoms with Gasteiger partial charge in [0.15, 0.2) is 11.5 Å². The Kier molecular flexibility index (Phi) is 17.7. The number of furan rings is 2. The normalized spacial score (nSPS) is 14.5. The van der Waals surface area contributed by atoms with Crippen molar-refractivity contribution in [1.29, 1.82) is 0 Å². The van der Waals surface area contributed by atoms with E-state index in [9.17, 15) is 55.7 Å². The molecule has 0 radical (unpaired) electrons. The largest absolute Gasteiger partial charge is 0.451 e. The number of aliphatic hydroxyl groups is 2. The zero-order chi connectivity index (χ0) is 52.7. The van der Waals surface area contributed by atoms with Crippen molar-refractivity contribution in [2.24, 2.45) is 11.8 Å². The standard InChI is InChI=1S/C52H50Cl2F6N4O8/c1-27(2)43(63-47(67)41-21-19-39(71-41)33-25-31(51(55,56)57)15-17-35(33)53)49(69)61-37(23-29-11-7-5-8-12-29)45(65)46(66)38(24-30-13-9-6-10-14-30)62-50(70)44(28(3)4)64-48(68)42-22-20-40(72-42)34-26-32(52(58,59)60)16-18-36(34)54/h5-22,25-28,37-38,43-46,65-66H,23-24H2,1-4H3,(H,61,69)(H,62,70)(H,63,67)(H,64,68)/t37-,38-,43-,44-,45+,46+/m0/s1. The van der Waals surface area contributed by atoms with Crippen LogP contribution in [0.4, 0.5) is 26.3 Å². The van der Waals surface area contributed by atoms with Gasteiger partial charge in [0.05, 0.1) is 33.3 Å². The maximum atomic E-state index is 14.2. The molecule has 2 heterocycles. The molecule has 6 atom stereocenters. The average molecular weight is 1040 g/mol. The predicted molar refractivity (Wildman–Crippen MR) is 257 cm³/mol. The molecule has 6 aromatic rings. The van der Waals surface area contributed by atoms with Gasteiger partial charge in [-0.2, -0.15) is 26.3 Å². The highest BCUT2D eigenvalue weighted by atomic mass is 35.5. The fourth-order valence-corrected chi connectivity index (χ4v) is 8.18. The van der Waals surface area contributed by atoms with Crippen LogP contribution in [0.3, 0.4) is 0 Å². The molecule has 0 unspecified atom stereocenters. The first-order valence-corrected chi connectivity index (χ1v) is 23.3. The van der Waals surface area contributed by atoms with Crippen LogP contribution in [0.2, 0.25) is 10.0 Å². The molecule has 12 nitrogen and oxygen atoms in total. The van der Waals surface area contributed by atoms with Crippen LogP contribution in [0.5, 0.6) is 0 Å². The number of carbonyl (C=O) groups is 4. The van der Waals surface area contributed by atoms with Crippen molar-refractivity contribution in [3.63, 3.8) is 0 Å². The van der Waals surface area contributed by atoms with Gasteiger partial charge in [-0.1, -0.05) is 112 Å². The number of nitrogens with one attached hydrogen (secondary N) is 4. The van der Waals surface area contributed by atoms with Crippen LogP contribution in [0.25, 0.3) is 22.6 Å². The van der Waals surface area contributed by atoms with Gasteiger partial charge in [0.25, 0.3) is 11.8 Å². The first-order chi connectivity index (χ1) is 33.9. The van der Waals surface area contributed by atoms with Crippen molar-refractivity contribution < 1.29 is 64.6 Å². The Hall–Kier alpha value is -6.60. The lowest BCUT2D eigenvalue weighted by Crippen LogP contribution is -2.61. The molecule has 0 saturated heterocycles. The quantitative estimate of drug-likeness (QED) is 0.0434. The van der Waals surface area contributed by atoms with E-state index in [0.717, 1.165) is 36.4 Å². The van der Waals surface area contributed by atoms with Crippen molar-refractivity contribution in [1.82, 2.24) is 21.3 Å². The van der Waals surface area contributed by atoms with Gasteiger partial charge in [0, 0.05) is 11.1 Å². The Morgan fingerprint density at radius 2 is 0.861 bits per heavy atom. The summed E-state index contributed by atoms with van der Waals surface area (Å²) in [6, 6.07) is 22.3. The minimum atomic E-state index is -4.69. The molecule has 0 aliphatic heterocycles. The third-order valence-corrected chi connectivity index (χ3v) is 12.3. The molecule has 0 aliphatic rings. The van der Waals surface area contributed by atoms with Gasteiger partial charge >= 0.3 is 12.4 Å². The van der Waals surface area contributed by atoms with Crippen molar-refractivity contribution in [3.8, 4) is 22.6 Å². The topological polar surface area (TPSA) is 183 Å². The monoisotopic (exact) mass is 1040 g/mol. The van der Waals surface area contributed by atoms with E-state index in [-0.39, 0.29) is 57.1 Å². The molecule has 0 fully saturated rings. The van der Waals surface area contributed by atoms with Crippen LogP contribution in [0.15, 0.2) is 130 Å². The smallest absolute Gasteiger partial charge is 0.416 e. The Balaban J connectivity index is 1.22. The highest BCUT2D eigenvalue weighted by Crippen LogP contribution is 2.38. The van der Waals surface area contributed by atoms with E-state index in [4.69, 9.17) is 32.0 Å². The first kappa shape index (κ1) is 54.7. The molecule has 0 aliphatic carbocycles. The number of alkyl halides is 6. The molecule has 4 amide bonds. The van der Waals surface area contributed by atoms with Gasteiger partial charge in [0.2, 0.25) is 11.8 Å². The zero-order valence-corrected chi connectivity index (χ0v) is 40.5. The Labute approximate surface area is 420 Å². The van der Waals surface area contributed by atoms with Gasteiger partial charge in [0.1, 0.15) is 35.8 Å². The van der Waals surface area contributed by atoms with Gasteiger partial charge in [-0.3, -0.25) is 19.2 Å². The lowest BCUT2D eigenvalue weighted by atomic mass is 9.90. The predicted octanol–water partition coefficient (Wildman–Crippen LogP) is 9.94. The maximum Gasteiger partial charge on any atom is 0.416 e. The molecule has 0 bridgehead atoms. The van der Waals surface area contributed by atoms with Crippen LogP contribution in [-0.4, -0.2) is 70.2 Å². The second-order valence-corrected chi connectivity index (χ2v) is 18.5. The molecule has 20 heteroatoms. The van der Waals surface area contributed by atoms with Crippen LogP contribution >= 0.6 is 23.2 Å². The maximum absolute atomic E-state index is 14.2. The van der Waals surface area contributed by atoms with Crippen molar-refractivity contribution in [3.05, 3.63) is 165 Å². The minimum Gasteiger partial charge on any atom is -0.451 e. The van der Waals surface area contributed by atoms with Gasteiger partial charge in [-0.05, 0) is 96.5 Å². The number of hydrogen-bond donors (Lipinski definition) is 6. The number of hydrogen-bond acceptors (Lipinski definition) is 8. The lowest BCUT2D eigenvalue weighted by Gasteiger charge is -2.35. The van der Waals surface area contributed by atoms with Crippen LogP contribution < -0.4 is 21.3 Å². The Morgan fingerprint density at radius 3 is 1.18 bits per heavy atom. The molecule has 382 valence electrons. The number of rotatable bonds is 19. The average Bonchev–Trinajstić information content (AvgIpc) is 4.03. The molecule has 0 saturated carbocycles. The molecule has 0 spiro atoms. The Morgan fingerprint density at radius 1 is 0.514 bits per heavy atom. The van der Waals surface area contributed by atoms with Crippen molar-refractivity contribution >= 4 is 46.8 Å². The summed E-state index contributed by atoms with van der Waals surface area (Å²) in [4.78, 5) is 55.6. The van der Waals surface area contributed by atoms with E-state index in [0.29, 0.717) is 11.1 Å². The molecular formula is C52H50Cl2F6N4O8. The van der Waals surface area contributed by atoms with Crippen molar-refractivity contribution in [2.75, 3.05) is 0 Å². The van der Waals surface area contributed by atoms with Crippen LogP contribution in [-0.2, 0) is 34.8 Å². The summed E-state index contributed by atoms with van der Waals surface area (Å²) in [5, 5.41) is 34.8. The molecule has 72 heavy (non-hydrogen) atoms. The molecule has 6 N–H and O–H groups in total. The lowest BCUT2D eigenvalue weighted by molar-refractivity contribution is -0.138. The number of aliphatic hydroxyl groups excluding tert-OH is 2.